The van der Waals surface area contributed by atoms with E-state index in [9.17, 15) is 0 Å². The predicted octanol–water partition coefficient (Wildman–Crippen LogP) is 5.41. The van der Waals surface area contributed by atoms with E-state index in [1.54, 1.807) is 0 Å². The van der Waals surface area contributed by atoms with Crippen LogP contribution in [0.15, 0.2) is 59.1 Å². The summed E-state index contributed by atoms with van der Waals surface area (Å²) in [7, 11) is 0. The zero-order valence-corrected chi connectivity index (χ0v) is 13.3. The average Bonchev–Trinajstić information content (AvgIpc) is 2.81. The third-order valence-electron chi connectivity index (χ3n) is 3.45. The van der Waals surface area contributed by atoms with Crippen molar-refractivity contribution < 1.29 is 0 Å². The van der Waals surface area contributed by atoms with E-state index in [4.69, 9.17) is 6.42 Å². The van der Waals surface area contributed by atoms with Gasteiger partial charge in [-0.3, -0.25) is 0 Å². The van der Waals surface area contributed by atoms with Crippen LogP contribution in [-0.4, -0.2) is 4.57 Å². The van der Waals surface area contributed by atoms with Crippen LogP contribution in [-0.2, 0) is 0 Å². The van der Waals surface area contributed by atoms with Crippen LogP contribution in [0.5, 0.6) is 0 Å². The summed E-state index contributed by atoms with van der Waals surface area (Å²) in [5.41, 5.74) is 4.19. The summed E-state index contributed by atoms with van der Waals surface area (Å²) >= 11 is 3.54. The number of allylic oxidation sites excluding steroid dienone is 1. The highest BCUT2D eigenvalue weighted by Gasteiger charge is 2.14. The van der Waals surface area contributed by atoms with Crippen molar-refractivity contribution in [1.82, 2.24) is 4.57 Å². The van der Waals surface area contributed by atoms with Crippen LogP contribution in [0, 0.1) is 12.3 Å². The number of nitrogens with zero attached hydrogens (tertiary/aromatic N) is 1. The Balaban J connectivity index is 2.46. The minimum Gasteiger partial charge on any atom is -0.309 e. The Morgan fingerprint density at radius 2 is 1.95 bits per heavy atom. The van der Waals surface area contributed by atoms with Crippen molar-refractivity contribution in [2.24, 2.45) is 0 Å². The van der Waals surface area contributed by atoms with Gasteiger partial charge in [-0.25, -0.2) is 0 Å². The smallest absolute Gasteiger partial charge is 0.0621 e. The van der Waals surface area contributed by atoms with Crippen LogP contribution in [0.25, 0.3) is 22.7 Å². The molecule has 0 unspecified atom stereocenters. The maximum atomic E-state index is 5.76. The van der Waals surface area contributed by atoms with Crippen molar-refractivity contribution in [1.29, 1.82) is 0 Å². The van der Waals surface area contributed by atoms with Crippen molar-refractivity contribution >= 4 is 32.9 Å². The summed E-state index contributed by atoms with van der Waals surface area (Å²) in [6.45, 7) is 2.00. The second kappa shape index (κ2) is 5.63. The largest absolute Gasteiger partial charge is 0.309 e. The van der Waals surface area contributed by atoms with Crippen LogP contribution in [0.2, 0.25) is 0 Å². The normalized spacial score (nSPS) is 11.1. The van der Waals surface area contributed by atoms with E-state index >= 15 is 0 Å². The Bertz CT molecular complexity index is 878. The molecule has 21 heavy (non-hydrogen) atoms. The molecule has 102 valence electrons. The van der Waals surface area contributed by atoms with Gasteiger partial charge in [0, 0.05) is 15.5 Å². The molecule has 0 fully saturated rings. The average molecular weight is 336 g/mol. The Hall–Kier alpha value is -2.24. The van der Waals surface area contributed by atoms with Crippen LogP contribution < -0.4 is 0 Å². The molecule has 3 aromatic rings. The van der Waals surface area contributed by atoms with Gasteiger partial charge in [0.1, 0.15) is 0 Å². The number of fused-ring (bicyclic) bond motifs is 1. The fourth-order valence-electron chi connectivity index (χ4n) is 2.62. The summed E-state index contributed by atoms with van der Waals surface area (Å²) in [5.74, 6) is 2.84. The predicted molar refractivity (Wildman–Crippen MR) is 93.6 cm³/mol. The van der Waals surface area contributed by atoms with E-state index < -0.39 is 0 Å². The summed E-state index contributed by atoms with van der Waals surface area (Å²) in [4.78, 5) is 0. The summed E-state index contributed by atoms with van der Waals surface area (Å²) in [6, 6.07) is 16.5. The number of para-hydroxylation sites is 1. The van der Waals surface area contributed by atoms with E-state index in [-0.39, 0.29) is 0 Å². The third kappa shape index (κ3) is 2.30. The summed E-state index contributed by atoms with van der Waals surface area (Å²) in [5, 5.41) is 1.10. The third-order valence-corrected chi connectivity index (χ3v) is 3.94. The van der Waals surface area contributed by atoms with Crippen molar-refractivity contribution in [2.45, 2.75) is 6.92 Å². The molecule has 2 heteroatoms. The van der Waals surface area contributed by atoms with E-state index in [1.165, 1.54) is 0 Å². The van der Waals surface area contributed by atoms with Gasteiger partial charge in [-0.2, -0.15) is 0 Å². The summed E-state index contributed by atoms with van der Waals surface area (Å²) in [6.07, 6.45) is 9.84. The number of halogens is 1. The van der Waals surface area contributed by atoms with Gasteiger partial charge in [0.25, 0.3) is 0 Å². The molecule has 0 radical (unpaired) electrons. The lowest BCUT2D eigenvalue weighted by Gasteiger charge is -2.09. The fraction of sp³-hybridized carbons (Fsp3) is 0.0526. The maximum absolute atomic E-state index is 5.76. The Kier molecular flexibility index (Phi) is 3.68. The van der Waals surface area contributed by atoms with E-state index in [1.807, 2.05) is 37.3 Å². The quantitative estimate of drug-likeness (QED) is 0.552. The molecule has 1 aromatic heterocycles. The lowest BCUT2D eigenvalue weighted by molar-refractivity contribution is 1.10. The van der Waals surface area contributed by atoms with Crippen LogP contribution >= 0.6 is 15.9 Å². The molecule has 0 aliphatic carbocycles. The number of hydrogen-bond donors (Lipinski definition) is 0. The first kappa shape index (κ1) is 13.7. The molecule has 0 N–H and O–H groups in total. The summed E-state index contributed by atoms with van der Waals surface area (Å²) < 4.78 is 3.25. The van der Waals surface area contributed by atoms with Gasteiger partial charge in [-0.05, 0) is 37.3 Å². The zero-order valence-electron chi connectivity index (χ0n) is 11.7. The molecule has 0 saturated heterocycles. The lowest BCUT2D eigenvalue weighted by atomic mass is 10.1. The number of rotatable bonds is 2. The van der Waals surface area contributed by atoms with Gasteiger partial charge in [0.15, 0.2) is 0 Å². The molecule has 0 aliphatic rings. The Morgan fingerprint density at radius 1 is 1.14 bits per heavy atom. The topological polar surface area (TPSA) is 4.93 Å². The van der Waals surface area contributed by atoms with E-state index in [0.29, 0.717) is 0 Å². The lowest BCUT2D eigenvalue weighted by Crippen LogP contribution is -1.97. The standard InChI is InChI=1S/C19H14BrN/c1-3-8-18-16(4-2)17-11-5-6-12-19(17)21(18)15-10-7-9-14(20)13-15/h2-3,5-13H,1H3/b8-3-. The Labute approximate surface area is 133 Å². The SMILES string of the molecule is C#Cc1c(/C=C\C)n(-c2cccc(Br)c2)c2ccccc12. The first-order valence-corrected chi connectivity index (χ1v) is 7.54. The van der Waals surface area contributed by atoms with Gasteiger partial charge in [-0.1, -0.05) is 52.2 Å². The first-order chi connectivity index (χ1) is 10.3. The molecule has 0 amide bonds. The van der Waals surface area contributed by atoms with Crippen molar-refractivity contribution in [2.75, 3.05) is 0 Å². The molecule has 0 bridgehead atoms. The van der Waals surface area contributed by atoms with E-state index in [2.05, 4.69) is 56.8 Å². The second-order valence-electron chi connectivity index (χ2n) is 4.74. The van der Waals surface area contributed by atoms with Gasteiger partial charge >= 0.3 is 0 Å². The molecule has 1 nitrogen and oxygen atoms in total. The molecule has 0 spiro atoms. The minimum absolute atomic E-state index is 0.934. The van der Waals surface area contributed by atoms with Gasteiger partial charge in [0.2, 0.25) is 0 Å². The highest BCUT2D eigenvalue weighted by molar-refractivity contribution is 9.10. The molecule has 2 aromatic carbocycles. The molecule has 0 saturated carbocycles. The molecule has 0 atom stereocenters. The molecule has 1 heterocycles. The van der Waals surface area contributed by atoms with Crippen LogP contribution in [0.1, 0.15) is 18.2 Å². The highest BCUT2D eigenvalue weighted by atomic mass is 79.9. The maximum Gasteiger partial charge on any atom is 0.0621 e. The number of hydrogen-bond acceptors (Lipinski definition) is 0. The van der Waals surface area contributed by atoms with Gasteiger partial charge in [0.05, 0.1) is 16.8 Å². The van der Waals surface area contributed by atoms with Gasteiger partial charge < -0.3 is 4.57 Å². The van der Waals surface area contributed by atoms with Crippen LogP contribution in [0.3, 0.4) is 0 Å². The number of benzene rings is 2. The van der Waals surface area contributed by atoms with E-state index in [0.717, 1.165) is 32.3 Å². The van der Waals surface area contributed by atoms with Crippen molar-refractivity contribution in [3.63, 3.8) is 0 Å². The first-order valence-electron chi connectivity index (χ1n) is 6.75. The highest BCUT2D eigenvalue weighted by Crippen LogP contribution is 2.30. The van der Waals surface area contributed by atoms with Crippen molar-refractivity contribution in [3.05, 3.63) is 70.3 Å². The molecular weight excluding hydrogens is 322 g/mol. The van der Waals surface area contributed by atoms with Gasteiger partial charge in [-0.15, -0.1) is 6.42 Å². The monoisotopic (exact) mass is 335 g/mol. The molecule has 3 rings (SSSR count). The fourth-order valence-corrected chi connectivity index (χ4v) is 3.01. The van der Waals surface area contributed by atoms with Crippen molar-refractivity contribution in [3.8, 4) is 18.0 Å². The molecular formula is C19H14BrN. The zero-order chi connectivity index (χ0) is 14.8. The number of aromatic nitrogens is 1. The Morgan fingerprint density at radius 3 is 2.67 bits per heavy atom. The minimum atomic E-state index is 0.934. The number of terminal acetylenes is 1. The molecule has 0 aliphatic heterocycles. The van der Waals surface area contributed by atoms with Crippen LogP contribution in [0.4, 0.5) is 0 Å². The second-order valence-corrected chi connectivity index (χ2v) is 5.65.